The van der Waals surface area contributed by atoms with E-state index >= 15 is 0 Å². The van der Waals surface area contributed by atoms with E-state index in [-0.39, 0.29) is 12.4 Å². The fraction of sp³-hybridized carbons (Fsp3) is 0. The van der Waals surface area contributed by atoms with Gasteiger partial charge in [0, 0.05) is 9.79 Å². The number of nitriles is 2. The first kappa shape index (κ1) is 15.5. The zero-order valence-electron chi connectivity index (χ0n) is 9.74. The van der Waals surface area contributed by atoms with Gasteiger partial charge in [0.15, 0.2) is 0 Å². The molecule has 0 N–H and O–H groups in total. The standard InChI is InChI=1S/C14H8N2S2.ClH/c15-9-11-5-1-3-7-13(11)17-18-14-8-4-2-6-12(14)10-16;/h1-8H;1H. The molecule has 0 fully saturated rings. The minimum atomic E-state index is 0. The molecule has 0 unspecified atom stereocenters. The summed E-state index contributed by atoms with van der Waals surface area (Å²) in [7, 11) is 2.99. The molecule has 0 spiro atoms. The van der Waals surface area contributed by atoms with Gasteiger partial charge in [-0.05, 0) is 24.3 Å². The number of benzene rings is 2. The Morgan fingerprint density at radius 3 is 1.42 bits per heavy atom. The molecule has 0 saturated carbocycles. The first-order valence-electron chi connectivity index (χ1n) is 5.18. The lowest BCUT2D eigenvalue weighted by Gasteiger charge is -2.04. The fourth-order valence-electron chi connectivity index (χ4n) is 1.35. The van der Waals surface area contributed by atoms with Crippen LogP contribution in [-0.2, 0) is 0 Å². The number of nitrogens with zero attached hydrogens (tertiary/aromatic N) is 2. The van der Waals surface area contributed by atoms with Crippen molar-refractivity contribution < 1.29 is 0 Å². The molecule has 0 saturated heterocycles. The molecule has 2 rings (SSSR count). The maximum absolute atomic E-state index is 8.99. The summed E-state index contributed by atoms with van der Waals surface area (Å²) in [5, 5.41) is 18.0. The lowest BCUT2D eigenvalue weighted by Crippen LogP contribution is -1.80. The van der Waals surface area contributed by atoms with E-state index in [2.05, 4.69) is 12.1 Å². The van der Waals surface area contributed by atoms with Gasteiger partial charge in [-0.25, -0.2) is 0 Å². The van der Waals surface area contributed by atoms with Gasteiger partial charge < -0.3 is 0 Å². The van der Waals surface area contributed by atoms with E-state index in [1.165, 1.54) is 21.6 Å². The molecule has 2 aromatic rings. The molecule has 0 bridgehead atoms. The molecule has 0 aliphatic carbocycles. The van der Waals surface area contributed by atoms with Crippen LogP contribution in [0.3, 0.4) is 0 Å². The molecule has 0 radical (unpaired) electrons. The van der Waals surface area contributed by atoms with Crippen molar-refractivity contribution in [3.05, 3.63) is 59.7 Å². The molecular formula is C14H9ClN2S2. The Bertz CT molecular complexity index is 587. The Morgan fingerprint density at radius 2 is 1.05 bits per heavy atom. The quantitative estimate of drug-likeness (QED) is 0.774. The number of halogens is 1. The average Bonchev–Trinajstić information content (AvgIpc) is 2.45. The van der Waals surface area contributed by atoms with Crippen LogP contribution in [-0.4, -0.2) is 0 Å². The van der Waals surface area contributed by atoms with Crippen LogP contribution in [0.4, 0.5) is 0 Å². The number of rotatable bonds is 3. The summed E-state index contributed by atoms with van der Waals surface area (Å²) in [5.74, 6) is 0. The van der Waals surface area contributed by atoms with Crippen LogP contribution in [0.25, 0.3) is 0 Å². The Labute approximate surface area is 126 Å². The van der Waals surface area contributed by atoms with Gasteiger partial charge in [0.05, 0.1) is 11.1 Å². The van der Waals surface area contributed by atoms with Crippen LogP contribution in [0.1, 0.15) is 11.1 Å². The Balaban J connectivity index is 0.00000180. The largest absolute Gasteiger partial charge is 0.192 e. The highest BCUT2D eigenvalue weighted by Gasteiger charge is 2.05. The molecule has 0 atom stereocenters. The molecule has 94 valence electrons. The van der Waals surface area contributed by atoms with Crippen LogP contribution in [0.15, 0.2) is 58.3 Å². The van der Waals surface area contributed by atoms with Gasteiger partial charge in [0.2, 0.25) is 0 Å². The molecule has 0 aliphatic rings. The molecule has 0 heterocycles. The highest BCUT2D eigenvalue weighted by Crippen LogP contribution is 2.39. The van der Waals surface area contributed by atoms with Crippen LogP contribution >= 0.6 is 34.0 Å². The second-order valence-electron chi connectivity index (χ2n) is 3.38. The van der Waals surface area contributed by atoms with Crippen molar-refractivity contribution in [1.82, 2.24) is 0 Å². The monoisotopic (exact) mass is 304 g/mol. The summed E-state index contributed by atoms with van der Waals surface area (Å²) in [6, 6.07) is 19.2. The summed E-state index contributed by atoms with van der Waals surface area (Å²) in [4.78, 5) is 1.83. The van der Waals surface area contributed by atoms with Gasteiger partial charge in [-0.2, -0.15) is 10.5 Å². The van der Waals surface area contributed by atoms with Crippen molar-refractivity contribution in [3.8, 4) is 12.1 Å². The first-order chi connectivity index (χ1) is 8.85. The van der Waals surface area contributed by atoms with Crippen molar-refractivity contribution in [2.45, 2.75) is 9.79 Å². The van der Waals surface area contributed by atoms with E-state index in [9.17, 15) is 0 Å². The molecular weight excluding hydrogens is 296 g/mol. The Morgan fingerprint density at radius 1 is 0.684 bits per heavy atom. The smallest absolute Gasteiger partial charge is 0.100 e. The van der Waals surface area contributed by atoms with Gasteiger partial charge in [-0.3, -0.25) is 0 Å². The maximum atomic E-state index is 8.99. The van der Waals surface area contributed by atoms with Gasteiger partial charge >= 0.3 is 0 Å². The Kier molecular flexibility index (Phi) is 6.32. The van der Waals surface area contributed by atoms with Crippen LogP contribution in [0, 0.1) is 22.7 Å². The minimum absolute atomic E-state index is 0. The summed E-state index contributed by atoms with van der Waals surface area (Å²) < 4.78 is 0. The van der Waals surface area contributed by atoms with Crippen molar-refractivity contribution in [2.24, 2.45) is 0 Å². The summed E-state index contributed by atoms with van der Waals surface area (Å²) >= 11 is 0. The zero-order chi connectivity index (χ0) is 12.8. The lowest BCUT2D eigenvalue weighted by atomic mass is 10.2. The van der Waals surface area contributed by atoms with E-state index in [0.717, 1.165) is 9.79 Å². The number of hydrogen-bond acceptors (Lipinski definition) is 4. The molecule has 0 aromatic heterocycles. The lowest BCUT2D eigenvalue weighted by molar-refractivity contribution is 1.37. The Hall–Kier alpha value is -1.59. The van der Waals surface area contributed by atoms with E-state index in [4.69, 9.17) is 10.5 Å². The summed E-state index contributed by atoms with van der Waals surface area (Å²) in [6.07, 6.45) is 0. The molecule has 19 heavy (non-hydrogen) atoms. The highest BCUT2D eigenvalue weighted by atomic mass is 35.5. The van der Waals surface area contributed by atoms with Crippen molar-refractivity contribution in [1.29, 1.82) is 10.5 Å². The maximum Gasteiger partial charge on any atom is 0.100 e. The van der Waals surface area contributed by atoms with Crippen LogP contribution in [0.2, 0.25) is 0 Å². The van der Waals surface area contributed by atoms with E-state index in [0.29, 0.717) is 11.1 Å². The molecule has 0 amide bonds. The first-order valence-corrected chi connectivity index (χ1v) is 7.33. The predicted octanol–water partition coefficient (Wildman–Crippen LogP) is 4.65. The summed E-state index contributed by atoms with van der Waals surface area (Å²) in [6.45, 7) is 0. The zero-order valence-corrected chi connectivity index (χ0v) is 12.2. The van der Waals surface area contributed by atoms with Gasteiger partial charge in [-0.1, -0.05) is 45.9 Å². The SMILES string of the molecule is Cl.N#Cc1ccccc1SSc1ccccc1C#N. The van der Waals surface area contributed by atoms with E-state index < -0.39 is 0 Å². The van der Waals surface area contributed by atoms with Gasteiger partial charge in [0.25, 0.3) is 0 Å². The van der Waals surface area contributed by atoms with Gasteiger partial charge in [0.1, 0.15) is 12.1 Å². The molecule has 2 nitrogen and oxygen atoms in total. The van der Waals surface area contributed by atoms with Crippen molar-refractivity contribution >= 4 is 34.0 Å². The normalized spacial score (nSPS) is 8.95. The van der Waals surface area contributed by atoms with E-state index in [1.54, 1.807) is 12.1 Å². The minimum Gasteiger partial charge on any atom is -0.192 e. The predicted molar refractivity (Wildman–Crippen MR) is 81.3 cm³/mol. The highest BCUT2D eigenvalue weighted by molar-refractivity contribution is 8.76. The molecule has 5 heteroatoms. The fourth-order valence-corrected chi connectivity index (χ4v) is 3.62. The van der Waals surface area contributed by atoms with E-state index in [1.807, 2.05) is 36.4 Å². The third-order valence-corrected chi connectivity index (χ3v) is 4.72. The molecule has 2 aromatic carbocycles. The van der Waals surface area contributed by atoms with Crippen molar-refractivity contribution in [2.75, 3.05) is 0 Å². The number of hydrogen-bond donors (Lipinski definition) is 0. The average molecular weight is 305 g/mol. The topological polar surface area (TPSA) is 47.6 Å². The van der Waals surface area contributed by atoms with Gasteiger partial charge in [-0.15, -0.1) is 12.4 Å². The molecule has 0 aliphatic heterocycles. The van der Waals surface area contributed by atoms with Crippen LogP contribution < -0.4 is 0 Å². The second-order valence-corrected chi connectivity index (χ2v) is 5.60. The third kappa shape index (κ3) is 3.94. The van der Waals surface area contributed by atoms with Crippen LogP contribution in [0.5, 0.6) is 0 Å². The van der Waals surface area contributed by atoms with Crippen molar-refractivity contribution in [3.63, 3.8) is 0 Å². The second kappa shape index (κ2) is 7.76. The third-order valence-electron chi connectivity index (χ3n) is 2.24. The summed E-state index contributed by atoms with van der Waals surface area (Å²) in [5.41, 5.74) is 1.31.